The third-order valence-corrected chi connectivity index (χ3v) is 4.37. The zero-order valence-corrected chi connectivity index (χ0v) is 13.7. The van der Waals surface area contributed by atoms with Gasteiger partial charge < -0.3 is 10.1 Å². The van der Waals surface area contributed by atoms with E-state index < -0.39 is 0 Å². The average Bonchev–Trinajstić information content (AvgIpc) is 3.19. The van der Waals surface area contributed by atoms with Crippen LogP contribution in [0.3, 0.4) is 0 Å². The van der Waals surface area contributed by atoms with Crippen molar-refractivity contribution in [3.8, 4) is 5.75 Å². The average molecular weight is 311 g/mol. The Kier molecular flexibility index (Phi) is 6.34. The SMILES string of the molecule is CNCC1CCN(Cc2ccc(OCC3CC3)cc2)C1.Cl. The van der Waals surface area contributed by atoms with Gasteiger partial charge in [0, 0.05) is 13.1 Å². The first-order chi connectivity index (χ1) is 9.83. The summed E-state index contributed by atoms with van der Waals surface area (Å²) in [6.45, 7) is 5.57. The highest BCUT2D eigenvalue weighted by molar-refractivity contribution is 5.85. The third-order valence-electron chi connectivity index (χ3n) is 4.37. The second-order valence-corrected chi connectivity index (χ2v) is 6.35. The zero-order chi connectivity index (χ0) is 13.8. The monoisotopic (exact) mass is 310 g/mol. The van der Waals surface area contributed by atoms with Crippen molar-refractivity contribution < 1.29 is 4.74 Å². The number of hydrogen-bond acceptors (Lipinski definition) is 3. The lowest BCUT2D eigenvalue weighted by molar-refractivity contribution is 0.298. The minimum absolute atomic E-state index is 0. The summed E-state index contributed by atoms with van der Waals surface area (Å²) in [5.74, 6) is 2.67. The maximum Gasteiger partial charge on any atom is 0.119 e. The first kappa shape index (κ1) is 16.6. The van der Waals surface area contributed by atoms with E-state index >= 15 is 0 Å². The molecule has 1 aliphatic carbocycles. The molecule has 1 saturated heterocycles. The van der Waals surface area contributed by atoms with Crippen LogP contribution in [0.15, 0.2) is 24.3 Å². The van der Waals surface area contributed by atoms with Crippen LogP contribution in [0.25, 0.3) is 0 Å². The van der Waals surface area contributed by atoms with Gasteiger partial charge in [-0.3, -0.25) is 4.90 Å². The predicted molar refractivity (Wildman–Crippen MR) is 89.2 cm³/mol. The fourth-order valence-corrected chi connectivity index (χ4v) is 2.96. The normalized spacial score (nSPS) is 22.0. The molecule has 118 valence electrons. The van der Waals surface area contributed by atoms with Crippen molar-refractivity contribution >= 4 is 12.4 Å². The van der Waals surface area contributed by atoms with Gasteiger partial charge in [-0.05, 0) is 68.9 Å². The molecule has 4 heteroatoms. The van der Waals surface area contributed by atoms with Crippen molar-refractivity contribution in [3.63, 3.8) is 0 Å². The van der Waals surface area contributed by atoms with Gasteiger partial charge in [-0.25, -0.2) is 0 Å². The van der Waals surface area contributed by atoms with Crippen LogP contribution in [0, 0.1) is 11.8 Å². The maximum absolute atomic E-state index is 5.78. The Bertz CT molecular complexity index is 419. The Hall–Kier alpha value is -0.770. The molecule has 2 fully saturated rings. The van der Waals surface area contributed by atoms with Crippen LogP contribution in [0.5, 0.6) is 5.75 Å². The van der Waals surface area contributed by atoms with Crippen molar-refractivity contribution in [3.05, 3.63) is 29.8 Å². The van der Waals surface area contributed by atoms with Gasteiger partial charge in [-0.15, -0.1) is 12.4 Å². The predicted octanol–water partition coefficient (Wildman–Crippen LogP) is 2.94. The van der Waals surface area contributed by atoms with E-state index in [9.17, 15) is 0 Å². The molecule has 1 atom stereocenters. The van der Waals surface area contributed by atoms with Crippen molar-refractivity contribution in [2.75, 3.05) is 33.3 Å². The molecule has 3 nitrogen and oxygen atoms in total. The van der Waals surface area contributed by atoms with Crippen molar-refractivity contribution in [1.29, 1.82) is 0 Å². The number of likely N-dealkylation sites (tertiary alicyclic amines) is 1. The van der Waals surface area contributed by atoms with E-state index in [1.54, 1.807) is 0 Å². The molecular weight excluding hydrogens is 284 g/mol. The summed E-state index contributed by atoms with van der Waals surface area (Å²) in [5.41, 5.74) is 1.40. The highest BCUT2D eigenvalue weighted by atomic mass is 35.5. The fraction of sp³-hybridized carbons (Fsp3) is 0.647. The molecule has 0 bridgehead atoms. The molecule has 0 spiro atoms. The molecular formula is C17H27ClN2O. The fourth-order valence-electron chi connectivity index (χ4n) is 2.96. The summed E-state index contributed by atoms with van der Waals surface area (Å²) in [6, 6.07) is 8.68. The Labute approximate surface area is 134 Å². The molecule has 1 heterocycles. The molecule has 1 aromatic carbocycles. The van der Waals surface area contributed by atoms with Gasteiger partial charge >= 0.3 is 0 Å². The number of nitrogens with one attached hydrogen (secondary N) is 1. The van der Waals surface area contributed by atoms with Gasteiger partial charge in [0.25, 0.3) is 0 Å². The Morgan fingerprint density at radius 3 is 2.57 bits per heavy atom. The van der Waals surface area contributed by atoms with Gasteiger partial charge in [0.2, 0.25) is 0 Å². The standard InChI is InChI=1S/C17H26N2O.ClH/c1-18-10-16-8-9-19(12-16)11-14-4-6-17(7-5-14)20-13-15-2-3-15;/h4-7,15-16,18H,2-3,8-13H2,1H3;1H. The first-order valence-electron chi connectivity index (χ1n) is 7.92. The Morgan fingerprint density at radius 1 is 1.14 bits per heavy atom. The Balaban J connectivity index is 0.00000161. The highest BCUT2D eigenvalue weighted by Crippen LogP contribution is 2.29. The molecule has 2 aliphatic rings. The van der Waals surface area contributed by atoms with Crippen LogP contribution in [-0.4, -0.2) is 38.2 Å². The molecule has 1 N–H and O–H groups in total. The van der Waals surface area contributed by atoms with Crippen molar-refractivity contribution in [2.24, 2.45) is 11.8 Å². The van der Waals surface area contributed by atoms with Crippen LogP contribution in [-0.2, 0) is 6.54 Å². The number of halogens is 1. The second-order valence-electron chi connectivity index (χ2n) is 6.35. The molecule has 0 radical (unpaired) electrons. The molecule has 1 aliphatic heterocycles. The minimum atomic E-state index is 0. The van der Waals surface area contributed by atoms with E-state index in [1.807, 2.05) is 7.05 Å². The lowest BCUT2D eigenvalue weighted by Crippen LogP contribution is -2.24. The van der Waals surface area contributed by atoms with Gasteiger partial charge in [-0.1, -0.05) is 12.1 Å². The minimum Gasteiger partial charge on any atom is -0.493 e. The van der Waals surface area contributed by atoms with E-state index in [0.717, 1.165) is 37.3 Å². The van der Waals surface area contributed by atoms with Crippen LogP contribution < -0.4 is 10.1 Å². The number of hydrogen-bond donors (Lipinski definition) is 1. The van der Waals surface area contributed by atoms with Gasteiger partial charge in [0.05, 0.1) is 6.61 Å². The molecule has 3 rings (SSSR count). The van der Waals surface area contributed by atoms with Crippen molar-refractivity contribution in [1.82, 2.24) is 10.2 Å². The second kappa shape index (κ2) is 8.02. The van der Waals surface area contributed by atoms with E-state index in [4.69, 9.17) is 4.74 Å². The summed E-state index contributed by atoms with van der Waals surface area (Å²) in [6.07, 6.45) is 4.02. The van der Waals surface area contributed by atoms with Crippen molar-refractivity contribution in [2.45, 2.75) is 25.8 Å². The first-order valence-corrected chi connectivity index (χ1v) is 7.92. The van der Waals surface area contributed by atoms with Gasteiger partial charge in [-0.2, -0.15) is 0 Å². The summed E-state index contributed by atoms with van der Waals surface area (Å²) < 4.78 is 5.78. The lowest BCUT2D eigenvalue weighted by Gasteiger charge is -2.16. The van der Waals surface area contributed by atoms with E-state index in [0.29, 0.717) is 0 Å². The summed E-state index contributed by atoms with van der Waals surface area (Å²) in [5, 5.41) is 3.29. The number of ether oxygens (including phenoxy) is 1. The molecule has 1 unspecified atom stereocenters. The van der Waals surface area contributed by atoms with Crippen LogP contribution in [0.1, 0.15) is 24.8 Å². The van der Waals surface area contributed by atoms with Crippen LogP contribution in [0.4, 0.5) is 0 Å². The van der Waals surface area contributed by atoms with E-state index in [-0.39, 0.29) is 12.4 Å². The highest BCUT2D eigenvalue weighted by Gasteiger charge is 2.22. The zero-order valence-electron chi connectivity index (χ0n) is 12.9. The number of nitrogens with zero attached hydrogens (tertiary/aromatic N) is 1. The summed E-state index contributed by atoms with van der Waals surface area (Å²) in [4.78, 5) is 2.56. The number of rotatable bonds is 7. The molecule has 1 aromatic rings. The summed E-state index contributed by atoms with van der Waals surface area (Å²) >= 11 is 0. The molecule has 1 saturated carbocycles. The van der Waals surface area contributed by atoms with Crippen LogP contribution >= 0.6 is 12.4 Å². The largest absolute Gasteiger partial charge is 0.493 e. The van der Waals surface area contributed by atoms with E-state index in [2.05, 4.69) is 34.5 Å². The molecule has 0 amide bonds. The van der Waals surface area contributed by atoms with Gasteiger partial charge in [0.15, 0.2) is 0 Å². The Morgan fingerprint density at radius 2 is 1.90 bits per heavy atom. The molecule has 21 heavy (non-hydrogen) atoms. The maximum atomic E-state index is 5.78. The van der Waals surface area contributed by atoms with Crippen LogP contribution in [0.2, 0.25) is 0 Å². The smallest absolute Gasteiger partial charge is 0.119 e. The molecule has 0 aromatic heterocycles. The topological polar surface area (TPSA) is 24.5 Å². The summed E-state index contributed by atoms with van der Waals surface area (Å²) in [7, 11) is 2.04. The number of benzene rings is 1. The lowest BCUT2D eigenvalue weighted by atomic mass is 10.1. The third kappa shape index (κ3) is 5.17. The van der Waals surface area contributed by atoms with Gasteiger partial charge in [0.1, 0.15) is 5.75 Å². The van der Waals surface area contributed by atoms with E-state index in [1.165, 1.54) is 37.9 Å². The quantitative estimate of drug-likeness (QED) is 0.838.